The third kappa shape index (κ3) is 7.09. The van der Waals surface area contributed by atoms with Crippen molar-refractivity contribution in [1.29, 1.82) is 0 Å². The van der Waals surface area contributed by atoms with Gasteiger partial charge in [-0.25, -0.2) is 0 Å². The third-order valence-electron chi connectivity index (χ3n) is 8.23. The van der Waals surface area contributed by atoms with Crippen LogP contribution in [0.25, 0.3) is 0 Å². The smallest absolute Gasteiger partial charge is 0.135 e. The fourth-order valence-corrected chi connectivity index (χ4v) is 6.63. The molecule has 4 rings (SSSR count). The molecule has 176 valence electrons. The number of carbonyl (C=O) groups is 1. The monoisotopic (exact) mass is 460 g/mol. The Hall–Kier alpha value is -1.80. The van der Waals surface area contributed by atoms with Gasteiger partial charge < -0.3 is 0 Å². The van der Waals surface area contributed by atoms with Crippen molar-refractivity contribution in [3.63, 3.8) is 0 Å². The van der Waals surface area contributed by atoms with Gasteiger partial charge in [0.05, 0.1) is 0 Å². The maximum absolute atomic E-state index is 13.0. The number of rotatable bonds is 10. The van der Waals surface area contributed by atoms with E-state index in [0.717, 1.165) is 55.2 Å². The summed E-state index contributed by atoms with van der Waals surface area (Å²) in [5, 5.41) is 0. The Bertz CT molecular complexity index is 835. The summed E-state index contributed by atoms with van der Waals surface area (Å²) in [6, 6.07) is 21.6. The van der Waals surface area contributed by atoms with E-state index in [4.69, 9.17) is 12.2 Å². The van der Waals surface area contributed by atoms with Crippen molar-refractivity contribution in [3.8, 4) is 0 Å². The molecule has 0 aliphatic heterocycles. The number of benzene rings is 2. The summed E-state index contributed by atoms with van der Waals surface area (Å²) >= 11 is 5.77. The minimum atomic E-state index is 0.326. The first-order chi connectivity index (χ1) is 16.2. The molecular formula is C31H40OS. The Morgan fingerprint density at radius 1 is 0.758 bits per heavy atom. The van der Waals surface area contributed by atoms with Gasteiger partial charge in [-0.05, 0) is 66.4 Å². The normalized spacial score (nSPS) is 23.0. The van der Waals surface area contributed by atoms with Gasteiger partial charge in [0, 0.05) is 18.3 Å². The predicted octanol–water partition coefficient (Wildman–Crippen LogP) is 8.70. The van der Waals surface area contributed by atoms with Gasteiger partial charge in [-0.1, -0.05) is 111 Å². The Balaban J connectivity index is 1.23. The van der Waals surface area contributed by atoms with Crippen LogP contribution in [0.1, 0.15) is 101 Å². The van der Waals surface area contributed by atoms with Gasteiger partial charge in [-0.15, -0.1) is 0 Å². The predicted molar refractivity (Wildman–Crippen MR) is 143 cm³/mol. The molecule has 2 saturated carbocycles. The van der Waals surface area contributed by atoms with E-state index >= 15 is 0 Å². The van der Waals surface area contributed by atoms with E-state index in [1.165, 1.54) is 56.1 Å². The van der Waals surface area contributed by atoms with Crippen molar-refractivity contribution in [2.75, 3.05) is 0 Å². The van der Waals surface area contributed by atoms with Gasteiger partial charge >= 0.3 is 0 Å². The lowest BCUT2D eigenvalue weighted by molar-refractivity contribution is -0.123. The van der Waals surface area contributed by atoms with Crippen molar-refractivity contribution >= 4 is 22.9 Å². The Morgan fingerprint density at radius 2 is 1.36 bits per heavy atom. The topological polar surface area (TPSA) is 17.1 Å². The first kappa shape index (κ1) is 24.3. The van der Waals surface area contributed by atoms with Crippen LogP contribution in [0.3, 0.4) is 0 Å². The molecule has 2 aliphatic rings. The van der Waals surface area contributed by atoms with E-state index in [1.54, 1.807) is 0 Å². The first-order valence-corrected chi connectivity index (χ1v) is 13.8. The summed E-state index contributed by atoms with van der Waals surface area (Å²) in [6.07, 6.45) is 15.0. The van der Waals surface area contributed by atoms with E-state index in [2.05, 4.69) is 60.7 Å². The Kier molecular flexibility index (Phi) is 9.29. The molecule has 0 amide bonds. The fourth-order valence-electron chi connectivity index (χ4n) is 6.37. The Labute approximate surface area is 206 Å². The van der Waals surface area contributed by atoms with Crippen LogP contribution >= 0.6 is 12.2 Å². The van der Waals surface area contributed by atoms with Gasteiger partial charge in [0.15, 0.2) is 0 Å². The second kappa shape index (κ2) is 12.6. The zero-order valence-corrected chi connectivity index (χ0v) is 20.9. The van der Waals surface area contributed by atoms with E-state index in [0.29, 0.717) is 17.6 Å². The highest BCUT2D eigenvalue weighted by Crippen LogP contribution is 2.41. The number of fused-ring (bicyclic) bond motifs is 1. The van der Waals surface area contributed by atoms with Crippen LogP contribution in [-0.2, 0) is 4.79 Å². The SMILES string of the molecule is O=C(CCCC(=S)CCC(c1ccccc1)c1ccccc1)C1CCCC2CCCCC2C1. The minimum Gasteiger partial charge on any atom is -0.299 e. The van der Waals surface area contributed by atoms with Crippen molar-refractivity contribution in [1.82, 2.24) is 0 Å². The van der Waals surface area contributed by atoms with Crippen LogP contribution in [0.2, 0.25) is 0 Å². The number of hydrogen-bond acceptors (Lipinski definition) is 2. The molecule has 0 radical (unpaired) electrons. The summed E-state index contributed by atoms with van der Waals surface area (Å²) < 4.78 is 0. The summed E-state index contributed by atoms with van der Waals surface area (Å²) in [4.78, 5) is 14.1. The molecule has 0 N–H and O–H groups in total. The summed E-state index contributed by atoms with van der Waals surface area (Å²) in [5.74, 6) is 2.96. The second-order valence-electron chi connectivity index (χ2n) is 10.4. The van der Waals surface area contributed by atoms with Crippen LogP contribution in [0.5, 0.6) is 0 Å². The van der Waals surface area contributed by atoms with E-state index in [1.807, 2.05) is 0 Å². The van der Waals surface area contributed by atoms with Crippen LogP contribution < -0.4 is 0 Å². The molecule has 2 aromatic rings. The molecular weight excluding hydrogens is 420 g/mol. The first-order valence-electron chi connectivity index (χ1n) is 13.3. The maximum atomic E-state index is 13.0. The lowest BCUT2D eigenvalue weighted by Crippen LogP contribution is -2.22. The molecule has 1 nitrogen and oxygen atoms in total. The molecule has 33 heavy (non-hydrogen) atoms. The fraction of sp³-hybridized carbons (Fsp3) is 0.548. The Morgan fingerprint density at radius 3 is 2.03 bits per heavy atom. The van der Waals surface area contributed by atoms with Crippen molar-refractivity contribution in [2.24, 2.45) is 17.8 Å². The minimum absolute atomic E-state index is 0.326. The molecule has 2 aliphatic carbocycles. The van der Waals surface area contributed by atoms with Gasteiger partial charge in [-0.3, -0.25) is 4.79 Å². The largest absolute Gasteiger partial charge is 0.299 e. The lowest BCUT2D eigenvalue weighted by Gasteiger charge is -2.30. The van der Waals surface area contributed by atoms with Gasteiger partial charge in [0.25, 0.3) is 0 Å². The molecule has 2 aromatic carbocycles. The van der Waals surface area contributed by atoms with Gasteiger partial charge in [-0.2, -0.15) is 0 Å². The standard InChI is InChI=1S/C31H40OS/c32-31(28-18-9-17-24-11-7-8-16-27(24)23-28)20-10-19-29(33)21-22-30(25-12-3-1-4-13-25)26-14-5-2-6-15-26/h1-6,12-15,24,27-28,30H,7-11,16-23H2. The molecule has 3 unspecified atom stereocenters. The van der Waals surface area contributed by atoms with Crippen LogP contribution in [-0.4, -0.2) is 10.6 Å². The van der Waals surface area contributed by atoms with Crippen molar-refractivity contribution < 1.29 is 4.79 Å². The highest BCUT2D eigenvalue weighted by atomic mass is 32.1. The summed E-state index contributed by atoms with van der Waals surface area (Å²) in [5.41, 5.74) is 2.71. The molecule has 0 saturated heterocycles. The van der Waals surface area contributed by atoms with E-state index < -0.39 is 0 Å². The highest BCUT2D eigenvalue weighted by Gasteiger charge is 2.32. The third-order valence-corrected chi connectivity index (χ3v) is 8.64. The second-order valence-corrected chi connectivity index (χ2v) is 11.0. The van der Waals surface area contributed by atoms with Gasteiger partial charge in [0.1, 0.15) is 5.78 Å². The molecule has 2 fully saturated rings. The number of thiocarbonyl (C=S) groups is 1. The quantitative estimate of drug-likeness (QED) is 0.330. The average molecular weight is 461 g/mol. The number of Topliss-reactive ketones (excluding diaryl/α,β-unsaturated/α-hetero) is 1. The number of carbonyl (C=O) groups excluding carboxylic acids is 1. The number of hydrogen-bond donors (Lipinski definition) is 0. The molecule has 0 spiro atoms. The summed E-state index contributed by atoms with van der Waals surface area (Å²) in [6.45, 7) is 0. The lowest BCUT2D eigenvalue weighted by atomic mass is 9.75. The number of ketones is 1. The molecule has 0 heterocycles. The average Bonchev–Trinajstić information content (AvgIpc) is 3.08. The van der Waals surface area contributed by atoms with Crippen molar-refractivity contribution in [3.05, 3.63) is 71.8 Å². The zero-order valence-electron chi connectivity index (χ0n) is 20.1. The molecule has 0 bridgehead atoms. The molecule has 2 heteroatoms. The van der Waals surface area contributed by atoms with E-state index in [-0.39, 0.29) is 0 Å². The van der Waals surface area contributed by atoms with Crippen LogP contribution in [0, 0.1) is 17.8 Å². The molecule has 0 aromatic heterocycles. The zero-order chi connectivity index (χ0) is 22.9. The van der Waals surface area contributed by atoms with Crippen molar-refractivity contribution in [2.45, 2.75) is 89.4 Å². The van der Waals surface area contributed by atoms with Crippen LogP contribution in [0.4, 0.5) is 0 Å². The van der Waals surface area contributed by atoms with E-state index in [9.17, 15) is 4.79 Å². The summed E-state index contributed by atoms with van der Waals surface area (Å²) in [7, 11) is 0. The highest BCUT2D eigenvalue weighted by molar-refractivity contribution is 7.80. The molecule has 3 atom stereocenters. The van der Waals surface area contributed by atoms with Crippen LogP contribution in [0.15, 0.2) is 60.7 Å². The maximum Gasteiger partial charge on any atom is 0.135 e. The van der Waals surface area contributed by atoms with Gasteiger partial charge in [0.2, 0.25) is 0 Å².